The first-order chi connectivity index (χ1) is 9.17. The van der Waals surface area contributed by atoms with E-state index in [1.54, 1.807) is 7.11 Å². The molecule has 2 aromatic rings. The van der Waals surface area contributed by atoms with Crippen LogP contribution in [-0.4, -0.2) is 7.11 Å². The molecular formula is C15H12BrIO2. The fourth-order valence-corrected chi connectivity index (χ4v) is 3.23. The predicted octanol–water partition coefficient (Wildman–Crippen LogP) is 4.74. The van der Waals surface area contributed by atoms with Gasteiger partial charge in [-0.1, -0.05) is 28.1 Å². The lowest BCUT2D eigenvalue weighted by Crippen LogP contribution is -2.02. The lowest BCUT2D eigenvalue weighted by Gasteiger charge is -2.12. The molecule has 0 saturated carbocycles. The van der Waals surface area contributed by atoms with Crippen molar-refractivity contribution in [3.63, 3.8) is 0 Å². The van der Waals surface area contributed by atoms with E-state index < -0.39 is 0 Å². The fourth-order valence-electron chi connectivity index (χ4n) is 2.31. The monoisotopic (exact) mass is 430 g/mol. The van der Waals surface area contributed by atoms with Crippen molar-refractivity contribution in [2.45, 2.75) is 12.5 Å². The molecule has 2 nitrogen and oxygen atoms in total. The van der Waals surface area contributed by atoms with Gasteiger partial charge in [0.1, 0.15) is 6.10 Å². The summed E-state index contributed by atoms with van der Waals surface area (Å²) in [4.78, 5) is 0. The van der Waals surface area contributed by atoms with E-state index in [0.29, 0.717) is 0 Å². The maximum Gasteiger partial charge on any atom is 0.165 e. The largest absolute Gasteiger partial charge is 0.493 e. The fraction of sp³-hybridized carbons (Fsp3) is 0.200. The molecule has 1 aliphatic heterocycles. The van der Waals surface area contributed by atoms with Crippen molar-refractivity contribution in [3.05, 3.63) is 55.6 Å². The van der Waals surface area contributed by atoms with E-state index in [0.717, 1.165) is 22.4 Å². The molecule has 0 aliphatic carbocycles. The van der Waals surface area contributed by atoms with Crippen molar-refractivity contribution in [3.8, 4) is 11.5 Å². The smallest absolute Gasteiger partial charge is 0.165 e. The van der Waals surface area contributed by atoms with Crippen LogP contribution in [0, 0.1) is 3.57 Å². The molecule has 0 aromatic heterocycles. The third-order valence-electron chi connectivity index (χ3n) is 3.22. The highest BCUT2D eigenvalue weighted by atomic mass is 127. The zero-order valence-electron chi connectivity index (χ0n) is 10.3. The molecule has 1 atom stereocenters. The van der Waals surface area contributed by atoms with Crippen LogP contribution in [0.4, 0.5) is 0 Å². The van der Waals surface area contributed by atoms with Gasteiger partial charge in [0, 0.05) is 20.0 Å². The van der Waals surface area contributed by atoms with Gasteiger partial charge in [-0.3, -0.25) is 0 Å². The number of fused-ring (bicyclic) bond motifs is 1. The molecule has 0 fully saturated rings. The number of methoxy groups -OCH3 is 1. The number of ether oxygens (including phenoxy) is 2. The van der Waals surface area contributed by atoms with Crippen LogP contribution in [0.5, 0.6) is 11.5 Å². The van der Waals surface area contributed by atoms with Gasteiger partial charge in [0.25, 0.3) is 0 Å². The quantitative estimate of drug-likeness (QED) is 0.640. The van der Waals surface area contributed by atoms with Gasteiger partial charge in [-0.05, 0) is 52.4 Å². The van der Waals surface area contributed by atoms with E-state index in [9.17, 15) is 0 Å². The van der Waals surface area contributed by atoms with Crippen LogP contribution in [0.1, 0.15) is 17.2 Å². The molecule has 3 rings (SSSR count). The predicted molar refractivity (Wildman–Crippen MR) is 86.9 cm³/mol. The van der Waals surface area contributed by atoms with Crippen LogP contribution in [0.15, 0.2) is 40.9 Å². The lowest BCUT2D eigenvalue weighted by molar-refractivity contribution is 0.228. The van der Waals surface area contributed by atoms with Gasteiger partial charge in [-0.15, -0.1) is 0 Å². The standard InChI is InChI=1S/C15H12BrIO2/c1-18-14-8-12(17)6-10-7-13(19-15(10)14)9-2-4-11(16)5-3-9/h2-6,8,13H,7H2,1H3. The first-order valence-corrected chi connectivity index (χ1v) is 7.83. The average Bonchev–Trinajstić information content (AvgIpc) is 2.82. The zero-order chi connectivity index (χ0) is 13.4. The molecule has 0 radical (unpaired) electrons. The highest BCUT2D eigenvalue weighted by Crippen LogP contribution is 2.43. The number of rotatable bonds is 2. The first kappa shape index (κ1) is 13.2. The Morgan fingerprint density at radius 3 is 2.68 bits per heavy atom. The van der Waals surface area contributed by atoms with E-state index in [2.05, 4.69) is 56.7 Å². The van der Waals surface area contributed by atoms with Crippen molar-refractivity contribution in [2.75, 3.05) is 7.11 Å². The topological polar surface area (TPSA) is 18.5 Å². The molecule has 1 heterocycles. The van der Waals surface area contributed by atoms with Gasteiger partial charge in [0.05, 0.1) is 7.11 Å². The molecule has 19 heavy (non-hydrogen) atoms. The SMILES string of the molecule is COc1cc(I)cc2c1OC(c1ccc(Br)cc1)C2. The van der Waals surface area contributed by atoms with Crippen molar-refractivity contribution >= 4 is 38.5 Å². The Bertz CT molecular complexity index is 610. The molecule has 0 bridgehead atoms. The van der Waals surface area contributed by atoms with E-state index in [1.165, 1.54) is 14.7 Å². The molecule has 1 unspecified atom stereocenters. The third kappa shape index (κ3) is 2.60. The highest BCUT2D eigenvalue weighted by Gasteiger charge is 2.27. The minimum atomic E-state index is 0.0789. The minimum absolute atomic E-state index is 0.0789. The Morgan fingerprint density at radius 1 is 1.26 bits per heavy atom. The highest BCUT2D eigenvalue weighted by molar-refractivity contribution is 14.1. The van der Waals surface area contributed by atoms with Gasteiger partial charge in [0.2, 0.25) is 0 Å². The van der Waals surface area contributed by atoms with E-state index >= 15 is 0 Å². The summed E-state index contributed by atoms with van der Waals surface area (Å²) in [6, 6.07) is 12.4. The Labute approximate surface area is 134 Å². The van der Waals surface area contributed by atoms with Crippen molar-refractivity contribution in [1.82, 2.24) is 0 Å². The summed E-state index contributed by atoms with van der Waals surface area (Å²) >= 11 is 5.76. The van der Waals surface area contributed by atoms with Crippen LogP contribution in [0.25, 0.3) is 0 Å². The van der Waals surface area contributed by atoms with Crippen LogP contribution in [0.3, 0.4) is 0 Å². The first-order valence-electron chi connectivity index (χ1n) is 5.96. The molecular weight excluding hydrogens is 419 g/mol. The summed E-state index contributed by atoms with van der Waals surface area (Å²) in [6.07, 6.45) is 0.972. The van der Waals surface area contributed by atoms with Crippen LogP contribution < -0.4 is 9.47 Å². The Kier molecular flexibility index (Phi) is 3.71. The molecule has 4 heteroatoms. The number of halogens is 2. The second-order valence-electron chi connectivity index (χ2n) is 4.46. The summed E-state index contributed by atoms with van der Waals surface area (Å²) in [5, 5.41) is 0. The van der Waals surface area contributed by atoms with Crippen molar-refractivity contribution in [2.24, 2.45) is 0 Å². The van der Waals surface area contributed by atoms with Crippen molar-refractivity contribution < 1.29 is 9.47 Å². The summed E-state index contributed by atoms with van der Waals surface area (Å²) in [5.41, 5.74) is 2.41. The minimum Gasteiger partial charge on any atom is -0.493 e. The summed E-state index contributed by atoms with van der Waals surface area (Å²) in [6.45, 7) is 0. The third-order valence-corrected chi connectivity index (χ3v) is 4.38. The van der Waals surface area contributed by atoms with Crippen LogP contribution in [-0.2, 0) is 6.42 Å². The van der Waals surface area contributed by atoms with E-state index in [-0.39, 0.29) is 6.10 Å². The van der Waals surface area contributed by atoms with Crippen LogP contribution >= 0.6 is 38.5 Å². The van der Waals surface area contributed by atoms with Gasteiger partial charge in [0.15, 0.2) is 11.5 Å². The molecule has 0 amide bonds. The van der Waals surface area contributed by atoms with E-state index in [4.69, 9.17) is 9.47 Å². The maximum atomic E-state index is 6.07. The van der Waals surface area contributed by atoms with Crippen LogP contribution in [0.2, 0.25) is 0 Å². The lowest BCUT2D eigenvalue weighted by atomic mass is 10.0. The molecule has 0 spiro atoms. The molecule has 2 aromatic carbocycles. The Morgan fingerprint density at radius 2 is 2.00 bits per heavy atom. The van der Waals surface area contributed by atoms with Gasteiger partial charge >= 0.3 is 0 Å². The average molecular weight is 431 g/mol. The summed E-state index contributed by atoms with van der Waals surface area (Å²) in [7, 11) is 1.68. The summed E-state index contributed by atoms with van der Waals surface area (Å²) in [5.74, 6) is 1.71. The maximum absolute atomic E-state index is 6.07. The van der Waals surface area contributed by atoms with Gasteiger partial charge < -0.3 is 9.47 Å². The van der Waals surface area contributed by atoms with E-state index in [1.807, 2.05) is 18.2 Å². The Balaban J connectivity index is 1.93. The Hall–Kier alpha value is -0.750. The molecule has 0 N–H and O–H groups in total. The molecule has 1 aliphatic rings. The van der Waals surface area contributed by atoms with Gasteiger partial charge in [-0.25, -0.2) is 0 Å². The second-order valence-corrected chi connectivity index (χ2v) is 6.62. The number of hydrogen-bond acceptors (Lipinski definition) is 2. The van der Waals surface area contributed by atoms with Crippen molar-refractivity contribution in [1.29, 1.82) is 0 Å². The second kappa shape index (κ2) is 5.32. The molecule has 98 valence electrons. The number of hydrogen-bond donors (Lipinski definition) is 0. The zero-order valence-corrected chi connectivity index (χ0v) is 14.1. The molecule has 0 saturated heterocycles. The number of benzene rings is 2. The normalized spacial score (nSPS) is 16.9. The van der Waals surface area contributed by atoms with Gasteiger partial charge in [-0.2, -0.15) is 0 Å². The summed E-state index contributed by atoms with van der Waals surface area (Å²) < 4.78 is 13.7.